The number of carbonyl (C=O) groups is 2. The molecule has 7 heteroatoms. The SMILES string of the molecule is NS(=O)(=O)C1=CC=CC2C(=O)c3c(O)cccc3C(=O)C12. The minimum atomic E-state index is -4.09. The number of nitrogens with two attached hydrogens (primary N) is 1. The van der Waals surface area contributed by atoms with Crippen molar-refractivity contribution >= 4 is 21.6 Å². The molecule has 0 aliphatic heterocycles. The number of hydrogen-bond acceptors (Lipinski definition) is 5. The van der Waals surface area contributed by atoms with Gasteiger partial charge in [0.2, 0.25) is 10.0 Å². The molecule has 1 aromatic carbocycles. The highest BCUT2D eigenvalue weighted by Gasteiger charge is 2.46. The molecule has 108 valence electrons. The van der Waals surface area contributed by atoms with Crippen LogP contribution in [-0.2, 0) is 10.0 Å². The van der Waals surface area contributed by atoms with E-state index in [-0.39, 0.29) is 21.8 Å². The Morgan fingerprint density at radius 3 is 2.52 bits per heavy atom. The predicted molar refractivity (Wildman–Crippen MR) is 74.1 cm³/mol. The predicted octanol–water partition coefficient (Wildman–Crippen LogP) is 0.746. The minimum absolute atomic E-state index is 0.0195. The number of fused-ring (bicyclic) bond motifs is 2. The molecule has 21 heavy (non-hydrogen) atoms. The number of primary sulfonamides is 1. The van der Waals surface area contributed by atoms with Crippen LogP contribution in [0.5, 0.6) is 5.75 Å². The van der Waals surface area contributed by atoms with Crippen LogP contribution in [0.25, 0.3) is 0 Å². The molecular formula is C14H11NO5S. The zero-order chi connectivity index (χ0) is 15.4. The second-order valence-corrected chi connectivity index (χ2v) is 6.49. The number of phenolic OH excluding ortho intramolecular Hbond substituents is 1. The molecule has 0 fully saturated rings. The summed E-state index contributed by atoms with van der Waals surface area (Å²) in [4.78, 5) is 24.7. The second-order valence-electron chi connectivity index (χ2n) is 4.93. The van der Waals surface area contributed by atoms with Crippen molar-refractivity contribution in [2.24, 2.45) is 17.0 Å². The van der Waals surface area contributed by atoms with E-state index < -0.39 is 33.4 Å². The molecule has 2 aliphatic carbocycles. The molecule has 0 saturated heterocycles. The summed E-state index contributed by atoms with van der Waals surface area (Å²) in [6.45, 7) is 0. The largest absolute Gasteiger partial charge is 0.507 e. The Hall–Kier alpha value is -2.25. The van der Waals surface area contributed by atoms with Crippen molar-refractivity contribution < 1.29 is 23.1 Å². The van der Waals surface area contributed by atoms with Crippen molar-refractivity contribution in [2.75, 3.05) is 0 Å². The molecule has 6 nitrogen and oxygen atoms in total. The Balaban J connectivity index is 2.26. The van der Waals surface area contributed by atoms with Crippen molar-refractivity contribution in [2.45, 2.75) is 0 Å². The van der Waals surface area contributed by atoms with Gasteiger partial charge in [-0.3, -0.25) is 9.59 Å². The van der Waals surface area contributed by atoms with Gasteiger partial charge in [-0.05, 0) is 12.1 Å². The highest BCUT2D eigenvalue weighted by atomic mass is 32.2. The molecule has 2 aliphatic rings. The first-order valence-corrected chi connectivity index (χ1v) is 7.68. The number of hydrogen-bond donors (Lipinski definition) is 2. The van der Waals surface area contributed by atoms with Gasteiger partial charge < -0.3 is 5.11 Å². The maximum atomic E-state index is 12.5. The molecule has 0 amide bonds. The van der Waals surface area contributed by atoms with Crippen LogP contribution < -0.4 is 5.14 Å². The molecule has 0 spiro atoms. The summed E-state index contributed by atoms with van der Waals surface area (Å²) in [6, 6.07) is 4.14. The number of ketones is 2. The lowest BCUT2D eigenvalue weighted by Crippen LogP contribution is -2.40. The van der Waals surface area contributed by atoms with Gasteiger partial charge in [-0.1, -0.05) is 24.3 Å². The summed E-state index contributed by atoms with van der Waals surface area (Å²) in [5.41, 5.74) is -0.0461. The summed E-state index contributed by atoms with van der Waals surface area (Å²) in [7, 11) is -4.09. The molecular weight excluding hydrogens is 294 g/mol. The first-order chi connectivity index (χ1) is 9.82. The molecule has 0 heterocycles. The van der Waals surface area contributed by atoms with Gasteiger partial charge in [0.05, 0.1) is 22.3 Å². The number of rotatable bonds is 1. The van der Waals surface area contributed by atoms with Crippen LogP contribution in [0.4, 0.5) is 0 Å². The van der Waals surface area contributed by atoms with Crippen molar-refractivity contribution in [3.05, 3.63) is 52.5 Å². The third kappa shape index (κ3) is 1.93. The van der Waals surface area contributed by atoms with Gasteiger partial charge in [-0.15, -0.1) is 0 Å². The van der Waals surface area contributed by atoms with Crippen LogP contribution in [0, 0.1) is 11.8 Å². The lowest BCUT2D eigenvalue weighted by molar-refractivity contribution is 0.0795. The number of Topliss-reactive ketones (excluding diaryl/α,β-unsaturated/α-hetero) is 2. The summed E-state index contributed by atoms with van der Waals surface area (Å²) < 4.78 is 23.3. The smallest absolute Gasteiger partial charge is 0.234 e. The van der Waals surface area contributed by atoms with E-state index >= 15 is 0 Å². The van der Waals surface area contributed by atoms with E-state index in [4.69, 9.17) is 5.14 Å². The summed E-state index contributed by atoms with van der Waals surface area (Å²) >= 11 is 0. The highest BCUT2D eigenvalue weighted by molar-refractivity contribution is 7.93. The lowest BCUT2D eigenvalue weighted by atomic mass is 9.72. The molecule has 2 unspecified atom stereocenters. The average molecular weight is 305 g/mol. The van der Waals surface area contributed by atoms with Gasteiger partial charge in [-0.25, -0.2) is 13.6 Å². The molecule has 0 aromatic heterocycles. The van der Waals surface area contributed by atoms with E-state index in [1.807, 2.05) is 0 Å². The van der Waals surface area contributed by atoms with Crippen LogP contribution in [0.1, 0.15) is 20.7 Å². The van der Waals surface area contributed by atoms with E-state index in [0.717, 1.165) is 0 Å². The summed E-state index contributed by atoms with van der Waals surface area (Å²) in [5.74, 6) is -3.43. The molecule has 2 atom stereocenters. The van der Waals surface area contributed by atoms with Gasteiger partial charge in [0, 0.05) is 5.56 Å². The first-order valence-electron chi connectivity index (χ1n) is 6.14. The van der Waals surface area contributed by atoms with Crippen molar-refractivity contribution in [1.29, 1.82) is 0 Å². The Kier molecular flexibility index (Phi) is 2.86. The van der Waals surface area contributed by atoms with Crippen LogP contribution >= 0.6 is 0 Å². The third-order valence-corrected chi connectivity index (χ3v) is 4.76. The van der Waals surface area contributed by atoms with Gasteiger partial charge in [0.25, 0.3) is 0 Å². The van der Waals surface area contributed by atoms with E-state index in [1.165, 1.54) is 36.4 Å². The van der Waals surface area contributed by atoms with E-state index in [0.29, 0.717) is 0 Å². The van der Waals surface area contributed by atoms with Gasteiger partial charge >= 0.3 is 0 Å². The topological polar surface area (TPSA) is 115 Å². The molecule has 1 aromatic rings. The fourth-order valence-electron chi connectivity index (χ4n) is 2.80. The molecule has 0 bridgehead atoms. The van der Waals surface area contributed by atoms with Crippen LogP contribution in [0.15, 0.2) is 41.3 Å². The molecule has 0 radical (unpaired) electrons. The Bertz CT molecular complexity index is 835. The quantitative estimate of drug-likeness (QED) is 0.794. The van der Waals surface area contributed by atoms with Crippen molar-refractivity contribution in [3.8, 4) is 5.75 Å². The zero-order valence-corrected chi connectivity index (χ0v) is 11.5. The first kappa shape index (κ1) is 13.7. The van der Waals surface area contributed by atoms with Crippen molar-refractivity contribution in [3.63, 3.8) is 0 Å². The Morgan fingerprint density at radius 1 is 1.14 bits per heavy atom. The molecule has 3 rings (SSSR count). The fourth-order valence-corrected chi connectivity index (χ4v) is 3.68. The lowest BCUT2D eigenvalue weighted by Gasteiger charge is -2.31. The van der Waals surface area contributed by atoms with E-state index in [1.54, 1.807) is 0 Å². The van der Waals surface area contributed by atoms with Crippen LogP contribution in [0.3, 0.4) is 0 Å². The van der Waals surface area contributed by atoms with Gasteiger partial charge in [0.15, 0.2) is 11.6 Å². The van der Waals surface area contributed by atoms with Crippen molar-refractivity contribution in [1.82, 2.24) is 0 Å². The van der Waals surface area contributed by atoms with Crippen LogP contribution in [0.2, 0.25) is 0 Å². The Labute approximate surface area is 120 Å². The number of carbonyl (C=O) groups excluding carboxylic acids is 2. The maximum Gasteiger partial charge on any atom is 0.234 e. The monoisotopic (exact) mass is 305 g/mol. The zero-order valence-electron chi connectivity index (χ0n) is 10.7. The highest BCUT2D eigenvalue weighted by Crippen LogP contribution is 2.41. The maximum absolute atomic E-state index is 12.5. The van der Waals surface area contributed by atoms with Gasteiger partial charge in [-0.2, -0.15) is 0 Å². The third-order valence-electron chi connectivity index (χ3n) is 3.71. The number of aromatic hydroxyl groups is 1. The second kappa shape index (κ2) is 4.37. The number of sulfonamides is 1. The number of benzene rings is 1. The molecule has 0 saturated carbocycles. The van der Waals surface area contributed by atoms with E-state index in [9.17, 15) is 23.1 Å². The summed E-state index contributed by atoms with van der Waals surface area (Å²) in [6.07, 6.45) is 4.07. The number of allylic oxidation sites excluding steroid dienone is 4. The normalized spacial score (nSPS) is 24.3. The minimum Gasteiger partial charge on any atom is -0.507 e. The fraction of sp³-hybridized carbons (Fsp3) is 0.143. The summed E-state index contributed by atoms with van der Waals surface area (Å²) in [5, 5.41) is 14.9. The molecule has 3 N–H and O–H groups in total. The van der Waals surface area contributed by atoms with Gasteiger partial charge in [0.1, 0.15) is 5.75 Å². The standard InChI is InChI=1S/C14H11NO5S/c15-21(19,20)10-6-2-4-8-12(10)14(18)7-3-1-5-9(16)11(7)13(8)17/h1-6,8,12,16H,(H2,15,19,20). The Morgan fingerprint density at radius 2 is 1.86 bits per heavy atom. The van der Waals surface area contributed by atoms with Crippen LogP contribution in [-0.4, -0.2) is 25.1 Å². The number of phenols is 1. The average Bonchev–Trinajstić information content (AvgIpc) is 2.43. The van der Waals surface area contributed by atoms with E-state index in [2.05, 4.69) is 0 Å².